The summed E-state index contributed by atoms with van der Waals surface area (Å²) in [6.45, 7) is 0. The van der Waals surface area contributed by atoms with Crippen molar-refractivity contribution in [3.05, 3.63) is 84.4 Å². The van der Waals surface area contributed by atoms with Crippen molar-refractivity contribution in [1.29, 1.82) is 0 Å². The molecule has 0 fully saturated rings. The van der Waals surface area contributed by atoms with Crippen LogP contribution in [0.2, 0.25) is 0 Å². The lowest BCUT2D eigenvalue weighted by molar-refractivity contribution is 0.102. The second-order valence-corrected chi connectivity index (χ2v) is 5.02. The number of nitrogen functional groups attached to an aromatic ring is 1. The smallest absolute Gasteiger partial charge is 0.255 e. The Morgan fingerprint density at radius 3 is 2.14 bits per heavy atom. The number of hydrogen-bond donors (Lipinski definition) is 2. The van der Waals surface area contributed by atoms with Gasteiger partial charge in [0.1, 0.15) is 0 Å². The summed E-state index contributed by atoms with van der Waals surface area (Å²) < 4.78 is 0. The summed E-state index contributed by atoms with van der Waals surface area (Å²) in [7, 11) is 0. The largest absolute Gasteiger partial charge is 0.399 e. The Kier molecular flexibility index (Phi) is 3.88. The van der Waals surface area contributed by atoms with E-state index in [0.717, 1.165) is 16.8 Å². The minimum Gasteiger partial charge on any atom is -0.399 e. The van der Waals surface area contributed by atoms with E-state index in [9.17, 15) is 4.79 Å². The van der Waals surface area contributed by atoms with Gasteiger partial charge in [-0.1, -0.05) is 48.5 Å². The minimum atomic E-state index is -0.167. The first-order valence-electron chi connectivity index (χ1n) is 7.05. The molecule has 3 aromatic carbocycles. The van der Waals surface area contributed by atoms with Crippen LogP contribution in [0.15, 0.2) is 78.9 Å². The van der Waals surface area contributed by atoms with Crippen LogP contribution >= 0.6 is 0 Å². The fraction of sp³-hybridized carbons (Fsp3) is 0. The van der Waals surface area contributed by atoms with Gasteiger partial charge in [-0.2, -0.15) is 0 Å². The Morgan fingerprint density at radius 2 is 1.45 bits per heavy atom. The van der Waals surface area contributed by atoms with Crippen LogP contribution in [-0.2, 0) is 0 Å². The lowest BCUT2D eigenvalue weighted by Crippen LogP contribution is -2.11. The van der Waals surface area contributed by atoms with E-state index in [1.165, 1.54) is 0 Å². The number of amides is 1. The molecule has 22 heavy (non-hydrogen) atoms. The normalized spacial score (nSPS) is 10.2. The van der Waals surface area contributed by atoms with Crippen molar-refractivity contribution in [1.82, 2.24) is 0 Å². The molecule has 0 unspecified atom stereocenters. The van der Waals surface area contributed by atoms with Gasteiger partial charge in [0.25, 0.3) is 5.91 Å². The second kappa shape index (κ2) is 6.14. The number of nitrogens with two attached hydrogens (primary N) is 1. The van der Waals surface area contributed by atoms with Crippen LogP contribution in [0.3, 0.4) is 0 Å². The third-order valence-corrected chi connectivity index (χ3v) is 3.40. The van der Waals surface area contributed by atoms with Gasteiger partial charge in [0.15, 0.2) is 0 Å². The molecular formula is C19H16N2O. The molecule has 0 bridgehead atoms. The number of hydrogen-bond acceptors (Lipinski definition) is 2. The Balaban J connectivity index is 1.75. The van der Waals surface area contributed by atoms with Crippen LogP contribution in [-0.4, -0.2) is 5.91 Å². The first-order chi connectivity index (χ1) is 10.7. The van der Waals surface area contributed by atoms with E-state index in [1.54, 1.807) is 24.3 Å². The number of carbonyl (C=O) groups is 1. The highest BCUT2D eigenvalue weighted by atomic mass is 16.1. The lowest BCUT2D eigenvalue weighted by Gasteiger charge is -2.07. The van der Waals surface area contributed by atoms with Crippen LogP contribution in [0.5, 0.6) is 0 Å². The van der Waals surface area contributed by atoms with Crippen LogP contribution in [0.1, 0.15) is 10.4 Å². The van der Waals surface area contributed by atoms with Gasteiger partial charge in [0.05, 0.1) is 0 Å². The average molecular weight is 288 g/mol. The quantitative estimate of drug-likeness (QED) is 0.710. The molecule has 0 heterocycles. The predicted molar refractivity (Wildman–Crippen MR) is 90.7 cm³/mol. The monoisotopic (exact) mass is 288 g/mol. The van der Waals surface area contributed by atoms with Gasteiger partial charge >= 0.3 is 0 Å². The number of rotatable bonds is 3. The van der Waals surface area contributed by atoms with Gasteiger partial charge in [-0.15, -0.1) is 0 Å². The highest BCUT2D eigenvalue weighted by Gasteiger charge is 2.06. The van der Waals surface area contributed by atoms with E-state index in [1.807, 2.05) is 42.5 Å². The second-order valence-electron chi connectivity index (χ2n) is 5.02. The molecular weight excluding hydrogens is 272 g/mol. The maximum Gasteiger partial charge on any atom is 0.255 e. The van der Waals surface area contributed by atoms with Crippen molar-refractivity contribution in [3.8, 4) is 11.1 Å². The van der Waals surface area contributed by atoms with Crippen molar-refractivity contribution >= 4 is 17.3 Å². The maximum atomic E-state index is 12.2. The fourth-order valence-corrected chi connectivity index (χ4v) is 2.26. The van der Waals surface area contributed by atoms with Crippen LogP contribution in [0.25, 0.3) is 11.1 Å². The first-order valence-corrected chi connectivity index (χ1v) is 7.05. The number of anilines is 2. The van der Waals surface area contributed by atoms with E-state index in [2.05, 4.69) is 17.4 Å². The third kappa shape index (κ3) is 3.15. The Labute approximate surface area is 129 Å². The molecule has 0 saturated carbocycles. The van der Waals surface area contributed by atoms with Gasteiger partial charge in [-0.25, -0.2) is 0 Å². The molecule has 0 aliphatic rings. The number of nitrogens with one attached hydrogen (secondary N) is 1. The molecule has 1 amide bonds. The zero-order chi connectivity index (χ0) is 15.4. The molecule has 3 rings (SSSR count). The molecule has 0 saturated heterocycles. The Hall–Kier alpha value is -3.07. The zero-order valence-corrected chi connectivity index (χ0v) is 12.0. The summed E-state index contributed by atoms with van der Waals surface area (Å²) in [4.78, 5) is 12.2. The summed E-state index contributed by atoms with van der Waals surface area (Å²) in [5.74, 6) is -0.167. The highest BCUT2D eigenvalue weighted by molar-refractivity contribution is 6.04. The maximum absolute atomic E-state index is 12.2. The van der Waals surface area contributed by atoms with E-state index >= 15 is 0 Å². The van der Waals surface area contributed by atoms with Crippen molar-refractivity contribution in [2.75, 3.05) is 11.1 Å². The number of benzene rings is 3. The minimum absolute atomic E-state index is 0.167. The van der Waals surface area contributed by atoms with Gasteiger partial charge in [-0.3, -0.25) is 4.79 Å². The predicted octanol–water partition coefficient (Wildman–Crippen LogP) is 4.19. The van der Waals surface area contributed by atoms with Crippen LogP contribution in [0, 0.1) is 0 Å². The molecule has 108 valence electrons. The molecule has 0 aromatic heterocycles. The summed E-state index contributed by atoms with van der Waals surface area (Å²) >= 11 is 0. The Morgan fingerprint density at radius 1 is 0.773 bits per heavy atom. The molecule has 0 aliphatic carbocycles. The topological polar surface area (TPSA) is 55.1 Å². The standard InChI is InChI=1S/C19H16N2O/c20-17-8-4-7-16(13-17)19(22)21-18-11-9-15(10-12-18)14-5-2-1-3-6-14/h1-13H,20H2,(H,21,22). The third-order valence-electron chi connectivity index (χ3n) is 3.40. The molecule has 3 nitrogen and oxygen atoms in total. The highest BCUT2D eigenvalue weighted by Crippen LogP contribution is 2.21. The summed E-state index contributed by atoms with van der Waals surface area (Å²) in [6.07, 6.45) is 0. The molecule has 0 atom stereocenters. The van der Waals surface area contributed by atoms with Crippen molar-refractivity contribution in [2.24, 2.45) is 0 Å². The van der Waals surface area contributed by atoms with E-state index < -0.39 is 0 Å². The summed E-state index contributed by atoms with van der Waals surface area (Å²) in [5.41, 5.74) is 9.84. The zero-order valence-electron chi connectivity index (χ0n) is 12.0. The molecule has 0 aliphatic heterocycles. The van der Waals surface area contributed by atoms with Gasteiger partial charge in [-0.05, 0) is 41.5 Å². The lowest BCUT2D eigenvalue weighted by atomic mass is 10.1. The number of carbonyl (C=O) groups excluding carboxylic acids is 1. The average Bonchev–Trinajstić information content (AvgIpc) is 2.56. The molecule has 3 aromatic rings. The van der Waals surface area contributed by atoms with Crippen molar-refractivity contribution in [2.45, 2.75) is 0 Å². The molecule has 0 spiro atoms. The SMILES string of the molecule is Nc1cccc(C(=O)Nc2ccc(-c3ccccc3)cc2)c1. The van der Waals surface area contributed by atoms with Crippen LogP contribution in [0.4, 0.5) is 11.4 Å². The van der Waals surface area contributed by atoms with E-state index in [4.69, 9.17) is 5.73 Å². The first kappa shape index (κ1) is 13.9. The van der Waals surface area contributed by atoms with E-state index in [-0.39, 0.29) is 5.91 Å². The van der Waals surface area contributed by atoms with Gasteiger partial charge in [0.2, 0.25) is 0 Å². The van der Waals surface area contributed by atoms with E-state index in [0.29, 0.717) is 11.3 Å². The van der Waals surface area contributed by atoms with Crippen molar-refractivity contribution in [3.63, 3.8) is 0 Å². The van der Waals surface area contributed by atoms with Crippen LogP contribution < -0.4 is 11.1 Å². The molecule has 3 heteroatoms. The molecule has 0 radical (unpaired) electrons. The molecule has 3 N–H and O–H groups in total. The Bertz CT molecular complexity index is 780. The summed E-state index contributed by atoms with van der Waals surface area (Å²) in [5, 5.41) is 2.87. The summed E-state index contributed by atoms with van der Waals surface area (Å²) in [6, 6.07) is 24.8. The fourth-order valence-electron chi connectivity index (χ4n) is 2.26. The van der Waals surface area contributed by atoms with Gasteiger partial charge in [0, 0.05) is 16.9 Å². The van der Waals surface area contributed by atoms with Crippen molar-refractivity contribution < 1.29 is 4.79 Å². The van der Waals surface area contributed by atoms with Gasteiger partial charge < -0.3 is 11.1 Å².